The lowest BCUT2D eigenvalue weighted by atomic mass is 10.1. The van der Waals surface area contributed by atoms with Crippen LogP contribution in [0.5, 0.6) is 0 Å². The number of aromatic amines is 1. The first-order chi connectivity index (χ1) is 13.6. The normalized spacial score (nSPS) is 11.5. The molecule has 4 rings (SSSR count). The molecule has 0 saturated carbocycles. The molecule has 136 valence electrons. The van der Waals surface area contributed by atoms with Gasteiger partial charge in [-0.15, -0.1) is 0 Å². The Hall–Kier alpha value is -4.18. The van der Waals surface area contributed by atoms with Crippen LogP contribution in [0.4, 0.5) is 5.69 Å². The van der Waals surface area contributed by atoms with Crippen molar-refractivity contribution in [3.63, 3.8) is 0 Å². The molecule has 0 aliphatic carbocycles. The van der Waals surface area contributed by atoms with E-state index in [0.717, 1.165) is 11.0 Å². The molecule has 0 aliphatic heterocycles. The van der Waals surface area contributed by atoms with Gasteiger partial charge in [0.2, 0.25) is 0 Å². The highest BCUT2D eigenvalue weighted by Crippen LogP contribution is 2.31. The fourth-order valence-electron chi connectivity index (χ4n) is 3.04. The molecule has 0 amide bonds. The summed E-state index contributed by atoms with van der Waals surface area (Å²) >= 11 is 0. The Labute approximate surface area is 159 Å². The molecule has 0 radical (unpaired) electrons. The molecular weight excluding hydrogens is 356 g/mol. The van der Waals surface area contributed by atoms with E-state index in [1.54, 1.807) is 37.3 Å². The molecule has 4 aromatic rings. The smallest absolute Gasteiger partial charge is 0.273 e. The minimum Gasteiger partial charge on any atom is -0.457 e. The molecule has 2 heterocycles. The summed E-state index contributed by atoms with van der Waals surface area (Å²) in [5, 5.41) is 20.7. The molecule has 2 aromatic carbocycles. The topological polar surface area (TPSA) is 109 Å². The van der Waals surface area contributed by atoms with Crippen molar-refractivity contribution in [1.29, 1.82) is 5.26 Å². The van der Waals surface area contributed by atoms with Crippen LogP contribution in [-0.2, 0) is 0 Å². The Morgan fingerprint density at radius 1 is 1.21 bits per heavy atom. The van der Waals surface area contributed by atoms with Crippen LogP contribution >= 0.6 is 0 Å². The van der Waals surface area contributed by atoms with Crippen molar-refractivity contribution in [2.75, 3.05) is 0 Å². The predicted octanol–water partition coefficient (Wildman–Crippen LogP) is 5.10. The number of nitro groups is 1. The van der Waals surface area contributed by atoms with Crippen molar-refractivity contribution in [2.24, 2.45) is 0 Å². The number of nitriles is 1. The lowest BCUT2D eigenvalue weighted by Crippen LogP contribution is -1.93. The zero-order valence-electron chi connectivity index (χ0n) is 14.8. The third kappa shape index (κ3) is 3.04. The van der Waals surface area contributed by atoms with E-state index < -0.39 is 4.92 Å². The third-order valence-electron chi connectivity index (χ3n) is 4.45. The lowest BCUT2D eigenvalue weighted by Gasteiger charge is -2.03. The van der Waals surface area contributed by atoms with Crippen molar-refractivity contribution in [3.05, 3.63) is 81.9 Å². The Kier molecular flexibility index (Phi) is 4.22. The van der Waals surface area contributed by atoms with Crippen LogP contribution in [0.15, 0.2) is 59.0 Å². The number of hydrogen-bond donors (Lipinski definition) is 1. The number of H-pyrrole nitrogens is 1. The summed E-state index contributed by atoms with van der Waals surface area (Å²) in [5.74, 6) is 1.40. The maximum absolute atomic E-state index is 11.1. The molecule has 0 atom stereocenters. The first-order valence-electron chi connectivity index (χ1n) is 8.48. The van der Waals surface area contributed by atoms with Gasteiger partial charge in [0.1, 0.15) is 23.4 Å². The number of benzene rings is 2. The second-order valence-corrected chi connectivity index (χ2v) is 6.18. The fourth-order valence-corrected chi connectivity index (χ4v) is 3.04. The molecule has 1 N–H and O–H groups in total. The summed E-state index contributed by atoms with van der Waals surface area (Å²) in [7, 11) is 0. The molecule has 0 saturated heterocycles. The molecule has 7 heteroatoms. The van der Waals surface area contributed by atoms with Gasteiger partial charge in [-0.25, -0.2) is 4.98 Å². The Bertz CT molecular complexity index is 1240. The molecule has 0 fully saturated rings. The highest BCUT2D eigenvalue weighted by molar-refractivity contribution is 5.89. The predicted molar refractivity (Wildman–Crippen MR) is 105 cm³/mol. The van der Waals surface area contributed by atoms with Gasteiger partial charge in [-0.05, 0) is 31.2 Å². The third-order valence-corrected chi connectivity index (χ3v) is 4.45. The Morgan fingerprint density at radius 2 is 2.04 bits per heavy atom. The number of para-hydroxylation sites is 2. The van der Waals surface area contributed by atoms with E-state index in [-0.39, 0.29) is 5.69 Å². The minimum absolute atomic E-state index is 0.0333. The Morgan fingerprint density at radius 3 is 2.79 bits per heavy atom. The average Bonchev–Trinajstić information content (AvgIpc) is 3.32. The number of nitro benzene ring substituents is 1. The van der Waals surface area contributed by atoms with Gasteiger partial charge in [0, 0.05) is 23.3 Å². The monoisotopic (exact) mass is 370 g/mol. The van der Waals surface area contributed by atoms with E-state index in [2.05, 4.69) is 16.0 Å². The van der Waals surface area contributed by atoms with Gasteiger partial charge in [0.15, 0.2) is 0 Å². The number of allylic oxidation sites excluding steroid dienone is 1. The van der Waals surface area contributed by atoms with Gasteiger partial charge in [-0.3, -0.25) is 10.1 Å². The molecule has 0 spiro atoms. The standard InChI is InChI=1S/C21H14N4O3/c1-13-16(5-4-8-19(13)25(26)27)20-10-9-15(28-20)11-14(12-22)21-23-17-6-2-3-7-18(17)24-21/h2-11H,1H3,(H,23,24)/b14-11+. The molecule has 2 aromatic heterocycles. The van der Waals surface area contributed by atoms with Crippen molar-refractivity contribution in [3.8, 4) is 17.4 Å². The summed E-state index contributed by atoms with van der Waals surface area (Å²) in [6, 6.07) is 17.9. The van der Waals surface area contributed by atoms with Gasteiger partial charge in [-0.2, -0.15) is 5.26 Å². The quantitative estimate of drug-likeness (QED) is 0.305. The minimum atomic E-state index is -0.419. The van der Waals surface area contributed by atoms with E-state index in [0.29, 0.717) is 34.0 Å². The van der Waals surface area contributed by atoms with E-state index in [1.807, 2.05) is 24.3 Å². The lowest BCUT2D eigenvalue weighted by molar-refractivity contribution is -0.385. The largest absolute Gasteiger partial charge is 0.457 e. The van der Waals surface area contributed by atoms with E-state index in [4.69, 9.17) is 4.42 Å². The number of nitrogens with one attached hydrogen (secondary N) is 1. The average molecular weight is 370 g/mol. The van der Waals surface area contributed by atoms with Gasteiger partial charge >= 0.3 is 0 Å². The van der Waals surface area contributed by atoms with Crippen molar-refractivity contribution >= 4 is 28.4 Å². The number of nitrogens with zero attached hydrogens (tertiary/aromatic N) is 3. The molecular formula is C21H14N4O3. The first-order valence-corrected chi connectivity index (χ1v) is 8.48. The number of hydrogen-bond acceptors (Lipinski definition) is 5. The first kappa shape index (κ1) is 17.2. The Balaban J connectivity index is 1.72. The summed E-state index contributed by atoms with van der Waals surface area (Å²) in [5.41, 5.74) is 3.13. The zero-order valence-corrected chi connectivity index (χ0v) is 14.8. The highest BCUT2D eigenvalue weighted by Gasteiger charge is 2.16. The second kappa shape index (κ2) is 6.85. The van der Waals surface area contributed by atoms with Gasteiger partial charge in [0.05, 0.1) is 21.5 Å². The molecule has 28 heavy (non-hydrogen) atoms. The number of furan rings is 1. The maximum Gasteiger partial charge on any atom is 0.273 e. The summed E-state index contributed by atoms with van der Waals surface area (Å²) in [4.78, 5) is 18.3. The van der Waals surface area contributed by atoms with E-state index in [1.165, 1.54) is 6.07 Å². The van der Waals surface area contributed by atoms with E-state index >= 15 is 0 Å². The highest BCUT2D eigenvalue weighted by atomic mass is 16.6. The number of fused-ring (bicyclic) bond motifs is 1. The number of rotatable bonds is 4. The number of imidazole rings is 1. The fraction of sp³-hybridized carbons (Fsp3) is 0.0476. The van der Waals surface area contributed by atoms with Crippen molar-refractivity contribution in [1.82, 2.24) is 9.97 Å². The van der Waals surface area contributed by atoms with Crippen LogP contribution in [0.3, 0.4) is 0 Å². The summed E-state index contributed by atoms with van der Waals surface area (Å²) in [6.45, 7) is 1.68. The van der Waals surface area contributed by atoms with Crippen LogP contribution in [0.25, 0.3) is 34.0 Å². The van der Waals surface area contributed by atoms with Crippen LogP contribution < -0.4 is 0 Å². The van der Waals surface area contributed by atoms with E-state index in [9.17, 15) is 15.4 Å². The van der Waals surface area contributed by atoms with Crippen molar-refractivity contribution < 1.29 is 9.34 Å². The van der Waals surface area contributed by atoms with Crippen molar-refractivity contribution in [2.45, 2.75) is 6.92 Å². The van der Waals surface area contributed by atoms with Crippen LogP contribution in [0, 0.1) is 28.4 Å². The van der Waals surface area contributed by atoms with Gasteiger partial charge < -0.3 is 9.40 Å². The zero-order chi connectivity index (χ0) is 19.7. The molecule has 7 nitrogen and oxygen atoms in total. The van der Waals surface area contributed by atoms with Crippen LogP contribution in [0.2, 0.25) is 0 Å². The number of aromatic nitrogens is 2. The molecule has 0 unspecified atom stereocenters. The van der Waals surface area contributed by atoms with Crippen LogP contribution in [-0.4, -0.2) is 14.9 Å². The van der Waals surface area contributed by atoms with Crippen LogP contribution in [0.1, 0.15) is 17.1 Å². The SMILES string of the molecule is Cc1c(-c2ccc(/C=C(\C#N)c3nc4ccccc4[nH]3)o2)cccc1[N+](=O)[O-]. The summed E-state index contributed by atoms with van der Waals surface area (Å²) < 4.78 is 5.82. The molecule has 0 bridgehead atoms. The van der Waals surface area contributed by atoms with Gasteiger partial charge in [0.25, 0.3) is 5.69 Å². The van der Waals surface area contributed by atoms with Gasteiger partial charge in [-0.1, -0.05) is 24.3 Å². The second-order valence-electron chi connectivity index (χ2n) is 6.18. The molecule has 0 aliphatic rings. The maximum atomic E-state index is 11.1. The summed E-state index contributed by atoms with van der Waals surface area (Å²) in [6.07, 6.45) is 1.59.